The monoisotopic (exact) mass is 373 g/mol. The van der Waals surface area contributed by atoms with Crippen LogP contribution in [-0.2, 0) is 23.0 Å². The molecule has 2 atom stereocenters. The van der Waals surface area contributed by atoms with Crippen LogP contribution in [0.15, 0.2) is 18.3 Å². The first-order chi connectivity index (χ1) is 12.9. The van der Waals surface area contributed by atoms with Crippen LogP contribution in [0.5, 0.6) is 0 Å². The topological polar surface area (TPSA) is 89.3 Å². The van der Waals surface area contributed by atoms with Crippen molar-refractivity contribution in [3.05, 3.63) is 24.2 Å². The molecule has 1 fully saturated rings. The molecule has 1 N–H and O–H groups in total. The summed E-state index contributed by atoms with van der Waals surface area (Å²) in [7, 11) is 3.31. The van der Waals surface area contributed by atoms with Gasteiger partial charge in [0.05, 0.1) is 7.11 Å². The van der Waals surface area contributed by atoms with Gasteiger partial charge >= 0.3 is 12.0 Å². The van der Waals surface area contributed by atoms with Gasteiger partial charge in [-0.3, -0.25) is 0 Å². The number of esters is 1. The van der Waals surface area contributed by atoms with Crippen molar-refractivity contribution in [2.24, 2.45) is 18.9 Å². The molecule has 27 heavy (non-hydrogen) atoms. The second kappa shape index (κ2) is 7.94. The lowest BCUT2D eigenvalue weighted by Gasteiger charge is -2.24. The minimum atomic E-state index is -0.632. The van der Waals surface area contributed by atoms with Crippen LogP contribution in [0, 0.1) is 11.8 Å². The van der Waals surface area contributed by atoms with E-state index in [1.165, 1.54) is 7.11 Å². The average Bonchev–Trinajstić information content (AvgIpc) is 3.24. The van der Waals surface area contributed by atoms with E-state index in [-0.39, 0.29) is 11.9 Å². The van der Waals surface area contributed by atoms with Crippen molar-refractivity contribution >= 4 is 23.2 Å². The Morgan fingerprint density at radius 3 is 2.85 bits per heavy atom. The summed E-state index contributed by atoms with van der Waals surface area (Å²) in [5.41, 5.74) is 1.76. The number of pyridine rings is 1. The number of ether oxygens (including phenoxy) is 1. The first-order valence-corrected chi connectivity index (χ1v) is 9.30. The SMILES string of the molecule is COC(=O)[C@H](NC(=O)N1CC[C@H](Cc2nc3cccnc3n2C)C1)C(C)C. The Hall–Kier alpha value is -2.64. The number of rotatable bonds is 5. The summed E-state index contributed by atoms with van der Waals surface area (Å²) >= 11 is 0. The van der Waals surface area contributed by atoms with Crippen molar-refractivity contribution in [1.82, 2.24) is 24.8 Å². The summed E-state index contributed by atoms with van der Waals surface area (Å²) in [6.07, 6.45) is 3.47. The molecular weight excluding hydrogens is 346 g/mol. The van der Waals surface area contributed by atoms with Gasteiger partial charge in [0, 0.05) is 32.8 Å². The minimum Gasteiger partial charge on any atom is -0.467 e. The number of hydrogen-bond acceptors (Lipinski definition) is 5. The first kappa shape index (κ1) is 19.1. The number of likely N-dealkylation sites (tertiary alicyclic amines) is 1. The van der Waals surface area contributed by atoms with Crippen molar-refractivity contribution in [3.63, 3.8) is 0 Å². The van der Waals surface area contributed by atoms with Gasteiger partial charge in [0.1, 0.15) is 17.4 Å². The number of methoxy groups -OCH3 is 1. The van der Waals surface area contributed by atoms with Crippen molar-refractivity contribution in [1.29, 1.82) is 0 Å². The van der Waals surface area contributed by atoms with Gasteiger partial charge in [0.15, 0.2) is 5.65 Å². The number of imidazole rings is 1. The molecule has 3 heterocycles. The van der Waals surface area contributed by atoms with Crippen LogP contribution in [0.2, 0.25) is 0 Å². The van der Waals surface area contributed by atoms with Crippen molar-refractivity contribution < 1.29 is 14.3 Å². The van der Waals surface area contributed by atoms with Gasteiger partial charge < -0.3 is 19.5 Å². The number of amides is 2. The second-order valence-corrected chi connectivity index (χ2v) is 7.43. The van der Waals surface area contributed by atoms with Crippen LogP contribution < -0.4 is 5.32 Å². The number of fused-ring (bicyclic) bond motifs is 1. The predicted octanol–water partition coefficient (Wildman–Crippen LogP) is 1.74. The summed E-state index contributed by atoms with van der Waals surface area (Å²) in [4.78, 5) is 35.2. The highest BCUT2D eigenvalue weighted by atomic mass is 16.5. The largest absolute Gasteiger partial charge is 0.467 e. The van der Waals surface area contributed by atoms with E-state index < -0.39 is 12.0 Å². The molecule has 0 spiro atoms. The molecule has 2 aromatic heterocycles. The maximum atomic E-state index is 12.6. The van der Waals surface area contributed by atoms with E-state index in [4.69, 9.17) is 4.74 Å². The van der Waals surface area contributed by atoms with Gasteiger partial charge in [0.2, 0.25) is 0 Å². The zero-order valence-electron chi connectivity index (χ0n) is 16.3. The van der Waals surface area contributed by atoms with Gasteiger partial charge in [-0.25, -0.2) is 19.6 Å². The van der Waals surface area contributed by atoms with Crippen LogP contribution in [0.1, 0.15) is 26.1 Å². The maximum Gasteiger partial charge on any atom is 0.328 e. The van der Waals surface area contributed by atoms with Gasteiger partial charge in [-0.2, -0.15) is 0 Å². The standard InChI is InChI=1S/C19H27N5O3/c1-12(2)16(18(25)27-4)22-19(26)24-9-7-13(11-24)10-15-21-14-6-5-8-20-17(14)23(15)3/h5-6,8,12-13,16H,7,9-11H2,1-4H3,(H,22,26)/t13-,16-/m1/s1. The predicted molar refractivity (Wildman–Crippen MR) is 101 cm³/mol. The van der Waals surface area contributed by atoms with Gasteiger partial charge in [0.25, 0.3) is 0 Å². The highest BCUT2D eigenvalue weighted by molar-refractivity contribution is 5.83. The molecule has 1 saturated heterocycles. The molecule has 0 aromatic carbocycles. The third kappa shape index (κ3) is 4.04. The molecule has 0 unspecified atom stereocenters. The van der Waals surface area contributed by atoms with Crippen LogP contribution in [0.3, 0.4) is 0 Å². The quantitative estimate of drug-likeness (QED) is 0.807. The molecule has 0 bridgehead atoms. The molecule has 2 aromatic rings. The molecule has 1 aliphatic rings. The lowest BCUT2D eigenvalue weighted by atomic mass is 10.0. The summed E-state index contributed by atoms with van der Waals surface area (Å²) in [5.74, 6) is 0.862. The zero-order valence-corrected chi connectivity index (χ0v) is 16.3. The van der Waals surface area contributed by atoms with Crippen molar-refractivity contribution in [2.45, 2.75) is 32.7 Å². The molecule has 0 aliphatic carbocycles. The molecule has 8 heteroatoms. The number of nitrogens with one attached hydrogen (secondary N) is 1. The number of carbonyl (C=O) groups is 2. The van der Waals surface area contributed by atoms with E-state index in [2.05, 4.69) is 15.3 Å². The Bertz CT molecular complexity index is 832. The minimum absolute atomic E-state index is 0.0349. The van der Waals surface area contributed by atoms with Gasteiger partial charge in [-0.15, -0.1) is 0 Å². The molecule has 146 valence electrons. The Morgan fingerprint density at radius 1 is 1.41 bits per heavy atom. The van der Waals surface area contributed by atoms with E-state index in [1.54, 1.807) is 11.1 Å². The average molecular weight is 373 g/mol. The number of urea groups is 1. The molecule has 8 nitrogen and oxygen atoms in total. The Morgan fingerprint density at radius 2 is 2.19 bits per heavy atom. The lowest BCUT2D eigenvalue weighted by molar-refractivity contribution is -0.144. The third-order valence-corrected chi connectivity index (χ3v) is 5.17. The highest BCUT2D eigenvalue weighted by Gasteiger charge is 2.31. The number of nitrogens with zero attached hydrogens (tertiary/aromatic N) is 4. The van der Waals surface area contributed by atoms with E-state index in [9.17, 15) is 9.59 Å². The molecule has 1 aliphatic heterocycles. The summed E-state index contributed by atoms with van der Waals surface area (Å²) in [5, 5.41) is 2.81. The van der Waals surface area contributed by atoms with Crippen LogP contribution in [0.4, 0.5) is 4.79 Å². The van der Waals surface area contributed by atoms with Crippen molar-refractivity contribution in [2.75, 3.05) is 20.2 Å². The molecular formula is C19H27N5O3. The number of aryl methyl sites for hydroxylation is 1. The highest BCUT2D eigenvalue weighted by Crippen LogP contribution is 2.22. The lowest BCUT2D eigenvalue weighted by Crippen LogP contribution is -2.50. The van der Waals surface area contributed by atoms with Crippen LogP contribution in [0.25, 0.3) is 11.2 Å². The van der Waals surface area contributed by atoms with Gasteiger partial charge in [-0.05, 0) is 30.4 Å². The third-order valence-electron chi connectivity index (χ3n) is 5.17. The fourth-order valence-corrected chi connectivity index (χ4v) is 3.54. The Labute approximate surface area is 158 Å². The number of hydrogen-bond donors (Lipinski definition) is 1. The Balaban J connectivity index is 1.61. The van der Waals surface area contributed by atoms with E-state index >= 15 is 0 Å². The summed E-state index contributed by atoms with van der Waals surface area (Å²) in [6.45, 7) is 5.09. The Kier molecular flexibility index (Phi) is 5.62. The molecule has 0 radical (unpaired) electrons. The summed E-state index contributed by atoms with van der Waals surface area (Å²) < 4.78 is 6.81. The van der Waals surface area contributed by atoms with Crippen molar-refractivity contribution in [3.8, 4) is 0 Å². The molecule has 3 rings (SSSR count). The van der Waals surface area contributed by atoms with Gasteiger partial charge in [-0.1, -0.05) is 13.8 Å². The smallest absolute Gasteiger partial charge is 0.328 e. The second-order valence-electron chi connectivity index (χ2n) is 7.43. The van der Waals surface area contributed by atoms with E-state index in [1.807, 2.05) is 37.6 Å². The zero-order chi connectivity index (χ0) is 19.6. The fraction of sp³-hybridized carbons (Fsp3) is 0.579. The fourth-order valence-electron chi connectivity index (χ4n) is 3.54. The van der Waals surface area contributed by atoms with E-state index in [0.717, 1.165) is 29.8 Å². The normalized spacial score (nSPS) is 18.1. The molecule has 0 saturated carbocycles. The maximum absolute atomic E-state index is 12.6. The summed E-state index contributed by atoms with van der Waals surface area (Å²) in [6, 6.07) is 2.99. The first-order valence-electron chi connectivity index (χ1n) is 9.30. The number of aromatic nitrogens is 3. The van der Waals surface area contributed by atoms with Crippen LogP contribution >= 0.6 is 0 Å². The van der Waals surface area contributed by atoms with Crippen LogP contribution in [-0.4, -0.2) is 57.7 Å². The van der Waals surface area contributed by atoms with E-state index in [0.29, 0.717) is 19.0 Å². The number of carbonyl (C=O) groups excluding carboxylic acids is 2. The molecule has 2 amide bonds.